The van der Waals surface area contributed by atoms with Crippen LogP contribution in [0.1, 0.15) is 88.8 Å². The van der Waals surface area contributed by atoms with Crippen molar-refractivity contribution in [1.82, 2.24) is 10.3 Å². The van der Waals surface area contributed by atoms with Gasteiger partial charge < -0.3 is 24.6 Å². The number of nitrogens with one attached hydrogen (secondary N) is 1. The number of benzene rings is 2. The second kappa shape index (κ2) is 12.7. The van der Waals surface area contributed by atoms with E-state index in [2.05, 4.69) is 5.32 Å². The van der Waals surface area contributed by atoms with Crippen LogP contribution in [0.4, 0.5) is 9.18 Å². The number of carbonyl (C=O) groups is 2. The zero-order valence-electron chi connectivity index (χ0n) is 26.2. The number of Topliss-reactive ketones (excluding diaryl/α,β-unsaturated/α-hetero) is 1. The van der Waals surface area contributed by atoms with Crippen molar-refractivity contribution < 1.29 is 33.3 Å². The first-order valence-electron chi connectivity index (χ1n) is 14.6. The van der Waals surface area contributed by atoms with Crippen LogP contribution in [0.25, 0.3) is 11.3 Å². The second-order valence-electron chi connectivity index (χ2n) is 12.9. The average Bonchev–Trinajstić information content (AvgIpc) is 3.76. The van der Waals surface area contributed by atoms with E-state index in [9.17, 15) is 19.1 Å². The third-order valence-electron chi connectivity index (χ3n) is 7.27. The summed E-state index contributed by atoms with van der Waals surface area (Å²) in [7, 11) is 1.53. The molecule has 1 unspecified atom stereocenters. The Morgan fingerprint density at radius 1 is 1.02 bits per heavy atom. The number of methoxy groups -OCH3 is 1. The highest BCUT2D eigenvalue weighted by Gasteiger charge is 2.32. The third-order valence-corrected chi connectivity index (χ3v) is 7.56. The molecule has 1 fully saturated rings. The Morgan fingerprint density at radius 2 is 1.73 bits per heavy atom. The van der Waals surface area contributed by atoms with Gasteiger partial charge in [0.2, 0.25) is 0 Å². The Labute approximate surface area is 262 Å². The molecule has 2 aromatic carbocycles. The first kappa shape index (κ1) is 33.2. The number of halogens is 2. The van der Waals surface area contributed by atoms with E-state index < -0.39 is 28.7 Å². The van der Waals surface area contributed by atoms with E-state index in [0.29, 0.717) is 33.9 Å². The number of nitrogens with zero attached hydrogens (tertiary/aromatic N) is 1. The van der Waals surface area contributed by atoms with Crippen LogP contribution in [0.15, 0.2) is 48.5 Å². The minimum Gasteiger partial charge on any atom is -0.493 e. The fourth-order valence-electron chi connectivity index (χ4n) is 4.53. The standard InChI is InChI=1S/C34H40ClFN2O6/c1-32(2,3)44-31(40)38-33(4,5)22-18-26(20-8-12-25(36)24(35)16-20)37-30(19-22)34(6,41)15-14-27(39)21-9-13-28(29(17-21)42-7)43-23-10-11-23/h8-9,12-13,16-19,23,41H,10-11,14-15H2,1-7H3,(H,38,40). The summed E-state index contributed by atoms with van der Waals surface area (Å²) in [5, 5.41) is 14.5. The van der Waals surface area contributed by atoms with Crippen LogP contribution in [-0.2, 0) is 15.9 Å². The predicted molar refractivity (Wildman–Crippen MR) is 167 cm³/mol. The average molecular weight is 627 g/mol. The maximum absolute atomic E-state index is 14.0. The molecule has 1 amide bonds. The van der Waals surface area contributed by atoms with Crippen molar-refractivity contribution in [3.8, 4) is 22.8 Å². The van der Waals surface area contributed by atoms with Gasteiger partial charge in [0.1, 0.15) is 17.0 Å². The summed E-state index contributed by atoms with van der Waals surface area (Å²) in [4.78, 5) is 30.6. The van der Waals surface area contributed by atoms with Crippen LogP contribution in [0.2, 0.25) is 5.02 Å². The van der Waals surface area contributed by atoms with Gasteiger partial charge in [-0.15, -0.1) is 0 Å². The van der Waals surface area contributed by atoms with Gasteiger partial charge in [-0.3, -0.25) is 4.79 Å². The molecule has 0 bridgehead atoms. The largest absolute Gasteiger partial charge is 0.493 e. The second-order valence-corrected chi connectivity index (χ2v) is 13.3. The van der Waals surface area contributed by atoms with Crippen molar-refractivity contribution in [1.29, 1.82) is 0 Å². The van der Waals surface area contributed by atoms with Gasteiger partial charge in [0, 0.05) is 17.5 Å². The van der Waals surface area contributed by atoms with Crippen molar-refractivity contribution in [2.24, 2.45) is 0 Å². The molecule has 3 aromatic rings. The van der Waals surface area contributed by atoms with Gasteiger partial charge >= 0.3 is 6.09 Å². The molecule has 0 saturated heterocycles. The summed E-state index contributed by atoms with van der Waals surface area (Å²) in [6.07, 6.45) is 1.63. The van der Waals surface area contributed by atoms with E-state index in [1.165, 1.54) is 25.3 Å². The van der Waals surface area contributed by atoms with Crippen LogP contribution in [0.5, 0.6) is 11.5 Å². The number of pyridine rings is 1. The zero-order valence-corrected chi connectivity index (χ0v) is 27.0. The van der Waals surface area contributed by atoms with Crippen molar-refractivity contribution >= 4 is 23.5 Å². The lowest BCUT2D eigenvalue weighted by Gasteiger charge is -2.31. The van der Waals surface area contributed by atoms with Crippen LogP contribution < -0.4 is 14.8 Å². The van der Waals surface area contributed by atoms with Gasteiger partial charge in [0.15, 0.2) is 17.3 Å². The number of amides is 1. The number of rotatable bonds is 11. The Morgan fingerprint density at radius 3 is 2.34 bits per heavy atom. The van der Waals surface area contributed by atoms with Crippen molar-refractivity contribution in [3.63, 3.8) is 0 Å². The minimum atomic E-state index is -1.55. The molecule has 0 radical (unpaired) electrons. The summed E-state index contributed by atoms with van der Waals surface area (Å²) in [6, 6.07) is 12.7. The first-order chi connectivity index (χ1) is 20.5. The van der Waals surface area contributed by atoms with Gasteiger partial charge in [-0.1, -0.05) is 11.6 Å². The number of carbonyl (C=O) groups excluding carboxylic acids is 2. The van der Waals surface area contributed by atoms with Gasteiger partial charge in [-0.25, -0.2) is 14.2 Å². The van der Waals surface area contributed by atoms with Gasteiger partial charge in [-0.05, 0) is 115 Å². The van der Waals surface area contributed by atoms with Crippen molar-refractivity contribution in [2.75, 3.05) is 7.11 Å². The molecule has 10 heteroatoms. The topological polar surface area (TPSA) is 107 Å². The predicted octanol–water partition coefficient (Wildman–Crippen LogP) is 7.72. The molecular weight excluding hydrogens is 587 g/mol. The van der Waals surface area contributed by atoms with E-state index in [0.717, 1.165) is 12.8 Å². The summed E-state index contributed by atoms with van der Waals surface area (Å²) in [6.45, 7) is 10.5. The monoisotopic (exact) mass is 626 g/mol. The summed E-state index contributed by atoms with van der Waals surface area (Å²) < 4.78 is 30.7. The van der Waals surface area contributed by atoms with E-state index in [-0.39, 0.29) is 35.4 Å². The highest BCUT2D eigenvalue weighted by atomic mass is 35.5. The number of aliphatic hydroxyl groups is 1. The SMILES string of the molecule is COc1cc(C(=O)CCC(C)(O)c2cc(C(C)(C)NC(=O)OC(C)(C)C)cc(-c3ccc(F)c(Cl)c3)n2)ccc1OC1CC1. The lowest BCUT2D eigenvalue weighted by Crippen LogP contribution is -2.44. The van der Waals surface area contributed by atoms with Crippen molar-refractivity contribution in [2.45, 2.75) is 90.1 Å². The lowest BCUT2D eigenvalue weighted by molar-refractivity contribution is 0.0394. The molecule has 1 saturated carbocycles. The maximum atomic E-state index is 14.0. The molecule has 1 aliphatic rings. The Balaban J connectivity index is 1.63. The number of aromatic nitrogens is 1. The molecule has 8 nitrogen and oxygen atoms in total. The normalized spacial score (nSPS) is 14.9. The number of alkyl carbamates (subject to hydrolysis) is 1. The fourth-order valence-corrected chi connectivity index (χ4v) is 4.72. The molecule has 236 valence electrons. The molecule has 44 heavy (non-hydrogen) atoms. The number of ketones is 1. The molecule has 0 spiro atoms. The molecule has 1 aromatic heterocycles. The highest BCUT2D eigenvalue weighted by Crippen LogP contribution is 2.36. The Bertz CT molecular complexity index is 1550. The third kappa shape index (κ3) is 8.48. The lowest BCUT2D eigenvalue weighted by atomic mass is 9.87. The molecule has 1 aliphatic carbocycles. The molecule has 1 heterocycles. The number of ether oxygens (including phenoxy) is 3. The molecule has 2 N–H and O–H groups in total. The van der Waals surface area contributed by atoms with E-state index in [1.54, 1.807) is 71.9 Å². The Hall–Kier alpha value is -3.69. The van der Waals surface area contributed by atoms with E-state index in [1.807, 2.05) is 0 Å². The van der Waals surface area contributed by atoms with Crippen LogP contribution in [0.3, 0.4) is 0 Å². The first-order valence-corrected chi connectivity index (χ1v) is 14.9. The molecule has 4 rings (SSSR count). The van der Waals surface area contributed by atoms with Gasteiger partial charge in [-0.2, -0.15) is 0 Å². The molecular formula is C34H40ClFN2O6. The summed E-state index contributed by atoms with van der Waals surface area (Å²) >= 11 is 6.08. The smallest absolute Gasteiger partial charge is 0.408 e. The van der Waals surface area contributed by atoms with Crippen LogP contribution >= 0.6 is 11.6 Å². The maximum Gasteiger partial charge on any atom is 0.408 e. The van der Waals surface area contributed by atoms with Crippen LogP contribution in [-0.4, -0.2) is 40.8 Å². The zero-order chi connectivity index (χ0) is 32.4. The molecule has 0 aliphatic heterocycles. The highest BCUT2D eigenvalue weighted by molar-refractivity contribution is 6.31. The number of hydrogen-bond acceptors (Lipinski definition) is 7. The Kier molecular flexibility index (Phi) is 9.61. The fraction of sp³-hybridized carbons (Fsp3) is 0.441. The van der Waals surface area contributed by atoms with E-state index in [4.69, 9.17) is 30.8 Å². The van der Waals surface area contributed by atoms with Gasteiger partial charge in [0.25, 0.3) is 0 Å². The summed E-state index contributed by atoms with van der Waals surface area (Å²) in [5.74, 6) is 0.310. The van der Waals surface area contributed by atoms with Crippen molar-refractivity contribution in [3.05, 3.63) is 76.2 Å². The molecule has 1 atom stereocenters. The minimum absolute atomic E-state index is 0.0160. The van der Waals surface area contributed by atoms with E-state index >= 15 is 0 Å². The summed E-state index contributed by atoms with van der Waals surface area (Å²) in [5.41, 5.74) is -0.997. The van der Waals surface area contributed by atoms with Gasteiger partial charge in [0.05, 0.1) is 35.2 Å². The number of hydrogen-bond donors (Lipinski definition) is 2. The van der Waals surface area contributed by atoms with Crippen LogP contribution in [0, 0.1) is 5.82 Å². The quantitative estimate of drug-likeness (QED) is 0.210.